The van der Waals surface area contributed by atoms with Crippen LogP contribution in [0.1, 0.15) is 9.67 Å². The molecular weight excluding hydrogens is 180 g/mol. The van der Waals surface area contributed by atoms with Crippen LogP contribution in [0.5, 0.6) is 11.5 Å². The summed E-state index contributed by atoms with van der Waals surface area (Å²) in [6.07, 6.45) is 0. The molecule has 1 aromatic rings. The highest BCUT2D eigenvalue weighted by atomic mass is 32.1. The van der Waals surface area contributed by atoms with Crippen LogP contribution in [0.2, 0.25) is 0 Å². The zero-order chi connectivity index (χ0) is 8.55. The van der Waals surface area contributed by atoms with Gasteiger partial charge in [0.1, 0.15) is 13.2 Å². The van der Waals surface area contributed by atoms with Gasteiger partial charge in [-0.15, -0.1) is 11.3 Å². The SMILES string of the molecule is O=C([O-])c1scc2c1OCCO2. The number of carboxylic acid groups (broad SMARTS) is 1. The Labute approximate surface area is 72.3 Å². The maximum atomic E-state index is 10.5. The van der Waals surface area contributed by atoms with Gasteiger partial charge in [0.15, 0.2) is 11.5 Å². The predicted octanol–water partition coefficient (Wildman–Crippen LogP) is -0.117. The number of fused-ring (bicyclic) bond motifs is 1. The molecule has 4 nitrogen and oxygen atoms in total. The smallest absolute Gasteiger partial charge is 0.181 e. The van der Waals surface area contributed by atoms with E-state index in [-0.39, 0.29) is 4.88 Å². The fourth-order valence-corrected chi connectivity index (χ4v) is 1.77. The van der Waals surface area contributed by atoms with Crippen molar-refractivity contribution >= 4 is 17.3 Å². The summed E-state index contributed by atoms with van der Waals surface area (Å²) in [6.45, 7) is 0.861. The van der Waals surface area contributed by atoms with Crippen LogP contribution in [0, 0.1) is 0 Å². The maximum absolute atomic E-state index is 10.5. The molecule has 2 rings (SSSR count). The van der Waals surface area contributed by atoms with Gasteiger partial charge in [0.2, 0.25) is 0 Å². The number of ether oxygens (including phenoxy) is 2. The van der Waals surface area contributed by atoms with Crippen molar-refractivity contribution in [3.63, 3.8) is 0 Å². The van der Waals surface area contributed by atoms with Crippen LogP contribution in [0.4, 0.5) is 0 Å². The van der Waals surface area contributed by atoms with Crippen LogP contribution in [0.3, 0.4) is 0 Å². The molecule has 64 valence electrons. The summed E-state index contributed by atoms with van der Waals surface area (Å²) in [7, 11) is 0. The highest BCUT2D eigenvalue weighted by Crippen LogP contribution is 2.38. The number of carbonyl (C=O) groups excluding carboxylic acids is 1. The van der Waals surface area contributed by atoms with Gasteiger partial charge in [0.05, 0.1) is 10.8 Å². The lowest BCUT2D eigenvalue weighted by Crippen LogP contribution is -2.23. The van der Waals surface area contributed by atoms with Crippen molar-refractivity contribution in [3.8, 4) is 11.5 Å². The average molecular weight is 185 g/mol. The quantitative estimate of drug-likeness (QED) is 0.612. The molecular formula is C7H5O4S-. The van der Waals surface area contributed by atoms with E-state index < -0.39 is 5.97 Å². The summed E-state index contributed by atoms with van der Waals surface area (Å²) in [5.41, 5.74) is 0. The van der Waals surface area contributed by atoms with Crippen LogP contribution in [-0.4, -0.2) is 19.2 Å². The van der Waals surface area contributed by atoms with Crippen molar-refractivity contribution in [1.82, 2.24) is 0 Å². The Hall–Kier alpha value is -1.23. The standard InChI is InChI=1S/C7H6O4S/c8-7(9)6-5-4(3-12-6)10-1-2-11-5/h3H,1-2H2,(H,8,9)/p-1. The van der Waals surface area contributed by atoms with Gasteiger partial charge in [0.25, 0.3) is 0 Å². The topological polar surface area (TPSA) is 58.6 Å². The molecule has 12 heavy (non-hydrogen) atoms. The molecule has 0 spiro atoms. The molecule has 0 unspecified atom stereocenters. The summed E-state index contributed by atoms with van der Waals surface area (Å²) in [5, 5.41) is 12.1. The van der Waals surface area contributed by atoms with E-state index in [0.717, 1.165) is 11.3 Å². The molecule has 0 atom stereocenters. The molecule has 0 aromatic carbocycles. The first-order valence-electron chi connectivity index (χ1n) is 3.37. The zero-order valence-corrected chi connectivity index (χ0v) is 6.85. The van der Waals surface area contributed by atoms with E-state index in [1.807, 2.05) is 0 Å². The fourth-order valence-electron chi connectivity index (χ4n) is 1.00. The molecule has 2 heterocycles. The van der Waals surface area contributed by atoms with Crippen molar-refractivity contribution in [2.24, 2.45) is 0 Å². The van der Waals surface area contributed by atoms with Gasteiger partial charge in [-0.2, -0.15) is 0 Å². The molecule has 1 aliphatic rings. The molecule has 0 amide bonds. The lowest BCUT2D eigenvalue weighted by atomic mass is 10.4. The molecule has 0 fully saturated rings. The number of rotatable bonds is 1. The summed E-state index contributed by atoms with van der Waals surface area (Å²) < 4.78 is 10.3. The molecule has 5 heteroatoms. The van der Waals surface area contributed by atoms with Crippen LogP contribution in [-0.2, 0) is 0 Å². The first-order chi connectivity index (χ1) is 5.79. The van der Waals surface area contributed by atoms with Gasteiger partial charge >= 0.3 is 0 Å². The van der Waals surface area contributed by atoms with Gasteiger partial charge < -0.3 is 19.4 Å². The van der Waals surface area contributed by atoms with Gasteiger partial charge in [-0.25, -0.2) is 0 Å². The Balaban J connectivity index is 2.44. The van der Waals surface area contributed by atoms with Crippen LogP contribution in [0.15, 0.2) is 5.38 Å². The average Bonchev–Trinajstić information content (AvgIpc) is 2.47. The Bertz CT molecular complexity index is 317. The van der Waals surface area contributed by atoms with Gasteiger partial charge in [0, 0.05) is 5.38 Å². The van der Waals surface area contributed by atoms with Gasteiger partial charge in [-0.1, -0.05) is 0 Å². The molecule has 1 aromatic heterocycles. The van der Waals surface area contributed by atoms with E-state index in [1.54, 1.807) is 5.38 Å². The predicted molar refractivity (Wildman–Crippen MR) is 39.6 cm³/mol. The van der Waals surface area contributed by atoms with Crippen molar-refractivity contribution in [1.29, 1.82) is 0 Å². The Kier molecular flexibility index (Phi) is 1.65. The molecule has 0 saturated carbocycles. The zero-order valence-electron chi connectivity index (χ0n) is 6.03. The van der Waals surface area contributed by atoms with Crippen molar-refractivity contribution in [2.45, 2.75) is 0 Å². The van der Waals surface area contributed by atoms with Gasteiger partial charge in [-0.05, 0) is 0 Å². The third kappa shape index (κ3) is 1.02. The Morgan fingerprint density at radius 2 is 2.25 bits per heavy atom. The van der Waals surface area contributed by atoms with Crippen LogP contribution in [0.25, 0.3) is 0 Å². The summed E-state index contributed by atoms with van der Waals surface area (Å²) in [6, 6.07) is 0. The normalized spacial score (nSPS) is 14.3. The second-order valence-electron chi connectivity index (χ2n) is 2.24. The lowest BCUT2D eigenvalue weighted by molar-refractivity contribution is -0.254. The third-order valence-corrected chi connectivity index (χ3v) is 2.41. The highest BCUT2D eigenvalue weighted by Gasteiger charge is 2.18. The summed E-state index contributed by atoms with van der Waals surface area (Å²) in [4.78, 5) is 10.6. The number of hydrogen-bond acceptors (Lipinski definition) is 5. The van der Waals surface area contributed by atoms with E-state index in [1.165, 1.54) is 0 Å². The minimum absolute atomic E-state index is 0.102. The van der Waals surface area contributed by atoms with Crippen molar-refractivity contribution in [3.05, 3.63) is 10.3 Å². The molecule has 0 bridgehead atoms. The first-order valence-corrected chi connectivity index (χ1v) is 4.25. The van der Waals surface area contributed by atoms with Gasteiger partial charge in [-0.3, -0.25) is 0 Å². The van der Waals surface area contributed by atoms with Crippen LogP contribution < -0.4 is 14.6 Å². The molecule has 0 aliphatic carbocycles. The number of thiophene rings is 1. The Morgan fingerprint density at radius 3 is 3.00 bits per heavy atom. The molecule has 0 N–H and O–H groups in total. The minimum atomic E-state index is -1.22. The number of aromatic carboxylic acids is 1. The van der Waals surface area contributed by atoms with E-state index in [9.17, 15) is 9.90 Å². The number of hydrogen-bond donors (Lipinski definition) is 0. The second kappa shape index (κ2) is 2.67. The van der Waals surface area contributed by atoms with Crippen molar-refractivity contribution in [2.75, 3.05) is 13.2 Å². The highest BCUT2D eigenvalue weighted by molar-refractivity contribution is 7.12. The van der Waals surface area contributed by atoms with Crippen LogP contribution >= 0.6 is 11.3 Å². The lowest BCUT2D eigenvalue weighted by Gasteiger charge is -2.15. The largest absolute Gasteiger partial charge is 0.544 e. The van der Waals surface area contributed by atoms with E-state index >= 15 is 0 Å². The van der Waals surface area contributed by atoms with E-state index in [2.05, 4.69) is 0 Å². The number of carbonyl (C=O) groups is 1. The number of carboxylic acids is 1. The first kappa shape index (κ1) is 7.42. The molecule has 0 saturated heterocycles. The summed E-state index contributed by atoms with van der Waals surface area (Å²) >= 11 is 1.06. The summed E-state index contributed by atoms with van der Waals surface area (Å²) in [5.74, 6) is -0.400. The molecule has 1 aliphatic heterocycles. The van der Waals surface area contributed by atoms with E-state index in [4.69, 9.17) is 9.47 Å². The maximum Gasteiger partial charge on any atom is 0.181 e. The third-order valence-electron chi connectivity index (χ3n) is 1.49. The molecule has 0 radical (unpaired) electrons. The van der Waals surface area contributed by atoms with E-state index in [0.29, 0.717) is 24.7 Å². The Morgan fingerprint density at radius 1 is 1.50 bits per heavy atom. The van der Waals surface area contributed by atoms with Crippen molar-refractivity contribution < 1.29 is 19.4 Å². The minimum Gasteiger partial charge on any atom is -0.544 e. The monoisotopic (exact) mass is 185 g/mol. The second-order valence-corrected chi connectivity index (χ2v) is 3.12. The fraction of sp³-hybridized carbons (Fsp3) is 0.286.